The molecule has 1 amide bonds. The van der Waals surface area contributed by atoms with Crippen molar-refractivity contribution in [1.29, 1.82) is 0 Å². The van der Waals surface area contributed by atoms with E-state index < -0.39 is 17.7 Å². The Balaban J connectivity index is 2.34. The molecule has 2 rings (SSSR count). The van der Waals surface area contributed by atoms with Crippen LogP contribution in [0.25, 0.3) is 11.3 Å². The Hall–Kier alpha value is -2.90. The van der Waals surface area contributed by atoms with Crippen LogP contribution in [0.5, 0.6) is 0 Å². The van der Waals surface area contributed by atoms with E-state index in [1.54, 1.807) is 27.1 Å². The van der Waals surface area contributed by atoms with E-state index in [0.717, 1.165) is 6.54 Å². The maximum atomic E-state index is 11.9. The SMILES string of the molecule is CCn1cnc(-c2cnc(C(=O)O)c(NC(=O)OC(C)(C)C)c2)c1. The molecule has 0 saturated carbocycles. The molecule has 24 heavy (non-hydrogen) atoms. The number of carbonyl (C=O) groups excluding carboxylic acids is 1. The van der Waals surface area contributed by atoms with Crippen molar-refractivity contribution in [2.75, 3.05) is 5.32 Å². The van der Waals surface area contributed by atoms with Gasteiger partial charge in [0.15, 0.2) is 5.69 Å². The molecule has 0 saturated heterocycles. The number of pyridine rings is 1. The number of hydrogen-bond acceptors (Lipinski definition) is 5. The molecule has 2 aromatic heterocycles. The predicted octanol–water partition coefficient (Wildman–Crippen LogP) is 3.01. The number of anilines is 1. The summed E-state index contributed by atoms with van der Waals surface area (Å²) in [5, 5.41) is 11.7. The molecule has 0 spiro atoms. The minimum Gasteiger partial charge on any atom is -0.476 e. The number of imidazole rings is 1. The number of nitrogens with zero attached hydrogens (tertiary/aromatic N) is 3. The number of carbonyl (C=O) groups is 2. The molecule has 0 aromatic carbocycles. The lowest BCUT2D eigenvalue weighted by Gasteiger charge is -2.20. The molecule has 0 bridgehead atoms. The van der Waals surface area contributed by atoms with E-state index in [2.05, 4.69) is 15.3 Å². The zero-order chi connectivity index (χ0) is 17.9. The lowest BCUT2D eigenvalue weighted by Crippen LogP contribution is -2.28. The number of hydrogen-bond donors (Lipinski definition) is 2. The Labute approximate surface area is 139 Å². The second-order valence-electron chi connectivity index (χ2n) is 6.14. The molecule has 0 fully saturated rings. The van der Waals surface area contributed by atoms with Gasteiger partial charge in [-0.15, -0.1) is 0 Å². The zero-order valence-corrected chi connectivity index (χ0v) is 14.0. The smallest absolute Gasteiger partial charge is 0.412 e. The van der Waals surface area contributed by atoms with Crippen LogP contribution < -0.4 is 5.32 Å². The highest BCUT2D eigenvalue weighted by atomic mass is 16.6. The summed E-state index contributed by atoms with van der Waals surface area (Å²) in [5.74, 6) is -1.24. The van der Waals surface area contributed by atoms with Gasteiger partial charge in [-0.1, -0.05) is 0 Å². The molecule has 2 aromatic rings. The van der Waals surface area contributed by atoms with Crippen LogP contribution in [0, 0.1) is 0 Å². The van der Waals surface area contributed by atoms with Crippen LogP contribution in [-0.4, -0.2) is 37.3 Å². The van der Waals surface area contributed by atoms with Crippen molar-refractivity contribution >= 4 is 17.7 Å². The van der Waals surface area contributed by atoms with E-state index >= 15 is 0 Å². The second-order valence-corrected chi connectivity index (χ2v) is 6.14. The first-order valence-electron chi connectivity index (χ1n) is 7.45. The van der Waals surface area contributed by atoms with Crippen molar-refractivity contribution in [1.82, 2.24) is 14.5 Å². The molecule has 8 nitrogen and oxygen atoms in total. The second kappa shape index (κ2) is 6.69. The van der Waals surface area contributed by atoms with E-state index in [0.29, 0.717) is 11.3 Å². The van der Waals surface area contributed by atoms with Crippen LogP contribution in [0.4, 0.5) is 10.5 Å². The summed E-state index contributed by atoms with van der Waals surface area (Å²) in [4.78, 5) is 31.4. The average molecular weight is 332 g/mol. The van der Waals surface area contributed by atoms with Gasteiger partial charge >= 0.3 is 12.1 Å². The summed E-state index contributed by atoms with van der Waals surface area (Å²) >= 11 is 0. The van der Waals surface area contributed by atoms with Crippen LogP contribution in [-0.2, 0) is 11.3 Å². The molecule has 0 aliphatic heterocycles. The van der Waals surface area contributed by atoms with Gasteiger partial charge in [0.1, 0.15) is 5.60 Å². The van der Waals surface area contributed by atoms with Gasteiger partial charge in [0.25, 0.3) is 0 Å². The van der Waals surface area contributed by atoms with Crippen molar-refractivity contribution < 1.29 is 19.4 Å². The summed E-state index contributed by atoms with van der Waals surface area (Å²) in [7, 11) is 0. The first kappa shape index (κ1) is 17.5. The van der Waals surface area contributed by atoms with Gasteiger partial charge in [-0.25, -0.2) is 19.6 Å². The lowest BCUT2D eigenvalue weighted by atomic mass is 10.1. The number of aryl methyl sites for hydroxylation is 1. The van der Waals surface area contributed by atoms with Crippen LogP contribution in [0.2, 0.25) is 0 Å². The number of carboxylic acids is 1. The van der Waals surface area contributed by atoms with Gasteiger partial charge in [-0.3, -0.25) is 5.32 Å². The standard InChI is InChI=1S/C16H20N4O4/c1-5-20-8-12(18-9-20)10-6-11(13(14(21)22)17-7-10)19-15(23)24-16(2,3)4/h6-9H,5H2,1-4H3,(H,19,23)(H,21,22). The lowest BCUT2D eigenvalue weighted by molar-refractivity contribution is 0.0636. The van der Waals surface area contributed by atoms with Crippen molar-refractivity contribution in [3.63, 3.8) is 0 Å². The number of aromatic carboxylic acids is 1. The largest absolute Gasteiger partial charge is 0.476 e. The first-order valence-corrected chi connectivity index (χ1v) is 7.45. The minimum atomic E-state index is -1.24. The molecule has 0 radical (unpaired) electrons. The molecular formula is C16H20N4O4. The van der Waals surface area contributed by atoms with Gasteiger partial charge < -0.3 is 14.4 Å². The highest BCUT2D eigenvalue weighted by Gasteiger charge is 2.20. The number of ether oxygens (including phenoxy) is 1. The number of amides is 1. The third kappa shape index (κ3) is 4.31. The van der Waals surface area contributed by atoms with Crippen molar-refractivity contribution in [3.05, 3.63) is 30.5 Å². The summed E-state index contributed by atoms with van der Waals surface area (Å²) in [5.41, 5.74) is 0.324. The topological polar surface area (TPSA) is 106 Å². The van der Waals surface area contributed by atoms with E-state index in [9.17, 15) is 14.7 Å². The van der Waals surface area contributed by atoms with Gasteiger partial charge in [0, 0.05) is 24.5 Å². The monoisotopic (exact) mass is 332 g/mol. The Bertz CT molecular complexity index is 762. The van der Waals surface area contributed by atoms with E-state index in [-0.39, 0.29) is 11.4 Å². The maximum Gasteiger partial charge on any atom is 0.412 e. The van der Waals surface area contributed by atoms with E-state index in [4.69, 9.17) is 4.74 Å². The Morgan fingerprint density at radius 3 is 2.58 bits per heavy atom. The Morgan fingerprint density at radius 2 is 2.04 bits per heavy atom. The third-order valence-corrected chi connectivity index (χ3v) is 3.02. The summed E-state index contributed by atoms with van der Waals surface area (Å²) in [6, 6.07) is 1.52. The summed E-state index contributed by atoms with van der Waals surface area (Å²) in [6.45, 7) is 7.90. The summed E-state index contributed by atoms with van der Waals surface area (Å²) in [6.07, 6.45) is 4.14. The highest BCUT2D eigenvalue weighted by molar-refractivity contribution is 5.98. The van der Waals surface area contributed by atoms with Crippen LogP contribution in [0.1, 0.15) is 38.2 Å². The molecule has 2 heterocycles. The van der Waals surface area contributed by atoms with Gasteiger partial charge in [0.05, 0.1) is 17.7 Å². The molecule has 0 aliphatic rings. The molecule has 128 valence electrons. The third-order valence-electron chi connectivity index (χ3n) is 3.02. The van der Waals surface area contributed by atoms with Crippen LogP contribution in [0.15, 0.2) is 24.8 Å². The van der Waals surface area contributed by atoms with Crippen molar-refractivity contribution in [2.45, 2.75) is 39.8 Å². The maximum absolute atomic E-state index is 11.9. The van der Waals surface area contributed by atoms with Gasteiger partial charge in [-0.2, -0.15) is 0 Å². The molecule has 2 N–H and O–H groups in total. The molecular weight excluding hydrogens is 312 g/mol. The average Bonchev–Trinajstić information content (AvgIpc) is 2.93. The normalized spacial score (nSPS) is 11.2. The number of nitrogens with one attached hydrogen (secondary N) is 1. The molecule has 8 heteroatoms. The van der Waals surface area contributed by atoms with Crippen LogP contribution >= 0.6 is 0 Å². The fourth-order valence-electron chi connectivity index (χ4n) is 1.97. The summed E-state index contributed by atoms with van der Waals surface area (Å²) < 4.78 is 7.03. The van der Waals surface area contributed by atoms with Gasteiger partial charge in [-0.05, 0) is 33.8 Å². The zero-order valence-electron chi connectivity index (χ0n) is 14.0. The quantitative estimate of drug-likeness (QED) is 0.891. The van der Waals surface area contributed by atoms with Crippen molar-refractivity contribution in [2.24, 2.45) is 0 Å². The highest BCUT2D eigenvalue weighted by Crippen LogP contribution is 2.23. The first-order chi connectivity index (χ1) is 11.2. The van der Waals surface area contributed by atoms with Crippen LogP contribution in [0.3, 0.4) is 0 Å². The minimum absolute atomic E-state index is 0.0558. The fourth-order valence-corrected chi connectivity index (χ4v) is 1.97. The molecule has 0 aliphatic carbocycles. The Kier molecular flexibility index (Phi) is 4.87. The molecule has 0 unspecified atom stereocenters. The Morgan fingerprint density at radius 1 is 1.33 bits per heavy atom. The van der Waals surface area contributed by atoms with E-state index in [1.807, 2.05) is 17.7 Å². The predicted molar refractivity (Wildman–Crippen MR) is 87.9 cm³/mol. The number of aromatic nitrogens is 3. The number of carboxylic acid groups (broad SMARTS) is 1. The van der Waals surface area contributed by atoms with E-state index in [1.165, 1.54) is 12.3 Å². The fraction of sp³-hybridized carbons (Fsp3) is 0.375. The van der Waals surface area contributed by atoms with Crippen molar-refractivity contribution in [3.8, 4) is 11.3 Å². The molecule has 0 atom stereocenters. The van der Waals surface area contributed by atoms with Gasteiger partial charge in [0.2, 0.25) is 0 Å². The number of rotatable bonds is 4.